The van der Waals surface area contributed by atoms with Crippen molar-refractivity contribution in [3.63, 3.8) is 0 Å². The summed E-state index contributed by atoms with van der Waals surface area (Å²) < 4.78 is 1.66. The summed E-state index contributed by atoms with van der Waals surface area (Å²) in [6.45, 7) is 0. The average Bonchev–Trinajstić information content (AvgIpc) is 3.30. The van der Waals surface area contributed by atoms with Crippen LogP contribution in [0.5, 0.6) is 0 Å². The van der Waals surface area contributed by atoms with Crippen molar-refractivity contribution < 1.29 is 19.7 Å². The van der Waals surface area contributed by atoms with Crippen molar-refractivity contribution in [2.24, 2.45) is 0 Å². The number of nitro groups is 4. The molecule has 0 N–H and O–H groups in total. The van der Waals surface area contributed by atoms with Crippen LogP contribution in [0.15, 0.2) is 31.1 Å². The Morgan fingerprint density at radius 1 is 0.679 bits per heavy atom. The van der Waals surface area contributed by atoms with E-state index in [0.29, 0.717) is 6.07 Å². The number of nitrogens with zero attached hydrogens (tertiary/aromatic N) is 9. The Labute approximate surface area is 151 Å². The Bertz CT molecular complexity index is 1060. The van der Waals surface area contributed by atoms with E-state index >= 15 is 0 Å². The van der Waals surface area contributed by atoms with E-state index in [1.54, 1.807) is 0 Å². The molecule has 3 rings (SSSR count). The Morgan fingerprint density at radius 2 is 1.07 bits per heavy atom. The molecule has 17 heteroatoms. The predicted octanol–water partition coefficient (Wildman–Crippen LogP) is 1.09. The van der Waals surface area contributed by atoms with Gasteiger partial charge in [0.25, 0.3) is 0 Å². The summed E-state index contributed by atoms with van der Waals surface area (Å²) in [7, 11) is 0. The van der Waals surface area contributed by atoms with Gasteiger partial charge in [-0.2, -0.15) is 4.98 Å². The third-order valence-corrected chi connectivity index (χ3v) is 3.34. The molecule has 0 spiro atoms. The molecule has 0 aliphatic heterocycles. The molecular weight excluding hydrogens is 386 g/mol. The topological polar surface area (TPSA) is 221 Å². The Hall–Kier alpha value is -4.83. The van der Waals surface area contributed by atoms with Crippen molar-refractivity contribution in [1.29, 1.82) is 0 Å². The van der Waals surface area contributed by atoms with Crippen LogP contribution in [0.1, 0.15) is 0 Å². The van der Waals surface area contributed by atoms with Crippen LogP contribution >= 0.6 is 0 Å². The molecule has 0 unspecified atom stereocenters. The SMILES string of the molecule is O=[N+]([O-])c1cn(-c2nc(-n3cnc([N+](=O)[O-])c3)c([N+](=O)[O-])cc2[N+](=O)[O-])cn1. The summed E-state index contributed by atoms with van der Waals surface area (Å²) >= 11 is 0. The molecule has 0 aromatic carbocycles. The van der Waals surface area contributed by atoms with Gasteiger partial charge in [-0.1, -0.05) is 0 Å². The molecule has 3 aromatic rings. The van der Waals surface area contributed by atoms with Gasteiger partial charge in [0, 0.05) is 0 Å². The second-order valence-electron chi connectivity index (χ2n) is 4.98. The number of imidazole rings is 2. The second-order valence-corrected chi connectivity index (χ2v) is 4.98. The van der Waals surface area contributed by atoms with Crippen LogP contribution in [0.2, 0.25) is 0 Å². The van der Waals surface area contributed by atoms with Gasteiger partial charge in [-0.25, -0.2) is 0 Å². The molecule has 0 amide bonds. The maximum Gasteiger partial charge on any atom is 0.381 e. The van der Waals surface area contributed by atoms with Gasteiger partial charge < -0.3 is 20.2 Å². The summed E-state index contributed by atoms with van der Waals surface area (Å²) in [5.41, 5.74) is -1.67. The minimum atomic E-state index is -0.971. The van der Waals surface area contributed by atoms with E-state index in [0.717, 1.165) is 34.2 Å². The number of pyridine rings is 1. The van der Waals surface area contributed by atoms with Crippen LogP contribution in [0.3, 0.4) is 0 Å². The van der Waals surface area contributed by atoms with Crippen LogP contribution in [-0.4, -0.2) is 43.8 Å². The maximum atomic E-state index is 11.3. The van der Waals surface area contributed by atoms with Crippen molar-refractivity contribution in [2.45, 2.75) is 0 Å². The normalized spacial score (nSPS) is 10.6. The zero-order chi connectivity index (χ0) is 20.6. The Kier molecular flexibility index (Phi) is 4.16. The zero-order valence-electron chi connectivity index (χ0n) is 13.2. The molecule has 0 aliphatic carbocycles. The van der Waals surface area contributed by atoms with E-state index in [1.165, 1.54) is 0 Å². The molecule has 3 heterocycles. The average molecular weight is 391 g/mol. The van der Waals surface area contributed by atoms with Gasteiger partial charge >= 0.3 is 23.0 Å². The summed E-state index contributed by atoms with van der Waals surface area (Å²) in [5, 5.41) is 44.2. The van der Waals surface area contributed by atoms with Gasteiger partial charge in [0.1, 0.15) is 18.5 Å². The number of hydrogen-bond donors (Lipinski definition) is 0. The quantitative estimate of drug-likeness (QED) is 0.427. The predicted molar refractivity (Wildman–Crippen MR) is 85.1 cm³/mol. The van der Waals surface area contributed by atoms with Crippen LogP contribution in [0.25, 0.3) is 11.6 Å². The highest BCUT2D eigenvalue weighted by molar-refractivity contribution is 5.61. The van der Waals surface area contributed by atoms with E-state index in [9.17, 15) is 40.5 Å². The molecule has 0 aliphatic rings. The lowest BCUT2D eigenvalue weighted by molar-refractivity contribution is -0.394. The van der Waals surface area contributed by atoms with Gasteiger partial charge in [0.15, 0.2) is 0 Å². The molecule has 0 radical (unpaired) electrons. The van der Waals surface area contributed by atoms with E-state index in [1.807, 2.05) is 0 Å². The lowest BCUT2D eigenvalue weighted by Gasteiger charge is -2.06. The van der Waals surface area contributed by atoms with Crippen LogP contribution in [0, 0.1) is 40.5 Å². The third-order valence-electron chi connectivity index (χ3n) is 3.34. The van der Waals surface area contributed by atoms with Crippen molar-refractivity contribution in [3.05, 3.63) is 71.6 Å². The summed E-state index contributed by atoms with van der Waals surface area (Å²) in [4.78, 5) is 51.2. The standard InChI is InChI=1S/C11H5N9O8/c21-17(22)6-1-7(18(23)24)11(16-3-9(13-5-16)20(27)28)14-10(6)15-2-8(12-4-15)19(25)26/h1-5H. The molecule has 0 fully saturated rings. The first-order valence-electron chi connectivity index (χ1n) is 6.90. The van der Waals surface area contributed by atoms with Gasteiger partial charge in [-0.15, -0.1) is 0 Å². The van der Waals surface area contributed by atoms with E-state index in [-0.39, 0.29) is 0 Å². The first-order valence-corrected chi connectivity index (χ1v) is 6.90. The van der Waals surface area contributed by atoms with Crippen molar-refractivity contribution in [2.75, 3.05) is 0 Å². The van der Waals surface area contributed by atoms with E-state index in [2.05, 4.69) is 15.0 Å². The van der Waals surface area contributed by atoms with Gasteiger partial charge in [-0.05, 0) is 19.8 Å². The third kappa shape index (κ3) is 3.05. The van der Waals surface area contributed by atoms with Crippen molar-refractivity contribution >= 4 is 23.0 Å². The van der Waals surface area contributed by atoms with E-state index in [4.69, 9.17) is 0 Å². The molecule has 142 valence electrons. The summed E-state index contributed by atoms with van der Waals surface area (Å²) in [6.07, 6.45) is 3.36. The first kappa shape index (κ1) is 18.0. The molecular formula is C11H5N9O8. The lowest BCUT2D eigenvalue weighted by atomic mass is 10.3. The van der Waals surface area contributed by atoms with Crippen LogP contribution in [-0.2, 0) is 0 Å². The highest BCUT2D eigenvalue weighted by atomic mass is 16.6. The minimum absolute atomic E-state index is 0.525. The summed E-state index contributed by atoms with van der Waals surface area (Å²) in [5.74, 6) is -2.34. The highest BCUT2D eigenvalue weighted by Crippen LogP contribution is 2.31. The van der Waals surface area contributed by atoms with Gasteiger partial charge in [-0.3, -0.25) is 29.4 Å². The van der Waals surface area contributed by atoms with Crippen molar-refractivity contribution in [3.8, 4) is 11.6 Å². The number of rotatable bonds is 6. The van der Waals surface area contributed by atoms with Crippen LogP contribution < -0.4 is 0 Å². The Balaban J connectivity index is 2.28. The molecule has 17 nitrogen and oxygen atoms in total. The number of hydrogen-bond acceptors (Lipinski definition) is 11. The Morgan fingerprint density at radius 3 is 1.36 bits per heavy atom. The fourth-order valence-electron chi connectivity index (χ4n) is 2.17. The molecule has 0 saturated heterocycles. The van der Waals surface area contributed by atoms with Gasteiger partial charge in [0.2, 0.25) is 24.3 Å². The minimum Gasteiger partial charge on any atom is -0.358 e. The number of aromatic nitrogens is 5. The first-order chi connectivity index (χ1) is 13.2. The fraction of sp³-hybridized carbons (Fsp3) is 0. The molecule has 28 heavy (non-hydrogen) atoms. The molecule has 0 bridgehead atoms. The monoisotopic (exact) mass is 391 g/mol. The van der Waals surface area contributed by atoms with Crippen molar-refractivity contribution in [1.82, 2.24) is 24.1 Å². The molecule has 0 atom stereocenters. The highest BCUT2D eigenvalue weighted by Gasteiger charge is 2.30. The molecule has 3 aromatic heterocycles. The molecule has 0 saturated carbocycles. The van der Waals surface area contributed by atoms with Gasteiger partial charge in [0.05, 0.1) is 9.85 Å². The smallest absolute Gasteiger partial charge is 0.358 e. The maximum absolute atomic E-state index is 11.3. The summed E-state index contributed by atoms with van der Waals surface area (Å²) in [6, 6.07) is 0.579. The fourth-order valence-corrected chi connectivity index (χ4v) is 2.17. The zero-order valence-corrected chi connectivity index (χ0v) is 13.2. The van der Waals surface area contributed by atoms with Crippen LogP contribution in [0.4, 0.5) is 23.0 Å². The lowest BCUT2D eigenvalue weighted by Crippen LogP contribution is -2.08. The second kappa shape index (κ2) is 6.48. The van der Waals surface area contributed by atoms with E-state index < -0.39 is 54.3 Å². The largest absolute Gasteiger partial charge is 0.381 e.